The molecule has 1 aliphatic carbocycles. The van der Waals surface area contributed by atoms with Crippen molar-refractivity contribution < 1.29 is 41.5 Å². The van der Waals surface area contributed by atoms with Crippen molar-refractivity contribution in [3.05, 3.63) is 67.5 Å². The van der Waals surface area contributed by atoms with Crippen LogP contribution in [0, 0.1) is 20.0 Å². The number of fused-ring (bicyclic) bond motifs is 1. The minimum absolute atomic E-state index is 0. The van der Waals surface area contributed by atoms with Gasteiger partial charge >= 0.3 is 33.9 Å². The van der Waals surface area contributed by atoms with Gasteiger partial charge in [-0.05, 0) is 11.1 Å². The van der Waals surface area contributed by atoms with E-state index in [1.807, 2.05) is 24.3 Å². The van der Waals surface area contributed by atoms with Crippen LogP contribution in [0.2, 0.25) is 0 Å². The monoisotopic (exact) mass is 298 g/mol. The maximum absolute atomic E-state index is 9.48. The van der Waals surface area contributed by atoms with Gasteiger partial charge in [0, 0.05) is 17.4 Å². The first-order valence-corrected chi connectivity index (χ1v) is 4.53. The van der Waals surface area contributed by atoms with Gasteiger partial charge in [0.1, 0.15) is 0 Å². The second-order valence-electron chi connectivity index (χ2n) is 2.90. The molecule has 0 unspecified atom stereocenters. The van der Waals surface area contributed by atoms with E-state index >= 15 is 0 Å². The number of rotatable bonds is 0. The predicted octanol–water partition coefficient (Wildman–Crippen LogP) is 1.21. The average molecular weight is 298 g/mol. The molecule has 98 valence electrons. The fourth-order valence-corrected chi connectivity index (χ4v) is 1.47. The van der Waals surface area contributed by atoms with Crippen LogP contribution in [-0.4, -0.2) is 10.2 Å². The molecule has 0 saturated carbocycles. The van der Waals surface area contributed by atoms with Crippen molar-refractivity contribution in [1.82, 2.24) is 0 Å². The van der Waals surface area contributed by atoms with E-state index in [4.69, 9.17) is 14.0 Å². The zero-order valence-electron chi connectivity index (χ0n) is 9.65. The molecular formula is C13H10CrO5. The topological polar surface area (TPSA) is 100 Å². The number of aliphatic hydroxyl groups is 2. The number of hydrogen-bond donors (Lipinski definition) is 2. The summed E-state index contributed by atoms with van der Waals surface area (Å²) in [4.78, 5) is 0. The van der Waals surface area contributed by atoms with Gasteiger partial charge in [0.05, 0.1) is 12.2 Å². The summed E-state index contributed by atoms with van der Waals surface area (Å²) < 4.78 is 22.5. The van der Waals surface area contributed by atoms with E-state index in [9.17, 15) is 10.2 Å². The fraction of sp³-hybridized carbons (Fsp3) is 0.154. The van der Waals surface area contributed by atoms with Crippen LogP contribution in [0.15, 0.2) is 36.4 Å². The van der Waals surface area contributed by atoms with Crippen molar-refractivity contribution in [1.29, 1.82) is 0 Å². The summed E-state index contributed by atoms with van der Waals surface area (Å²) in [6.07, 6.45) is 2.08. The van der Waals surface area contributed by atoms with Crippen LogP contribution in [0.1, 0.15) is 23.3 Å². The van der Waals surface area contributed by atoms with E-state index < -0.39 is 12.2 Å². The Morgan fingerprint density at radius 1 is 0.737 bits per heavy atom. The summed E-state index contributed by atoms with van der Waals surface area (Å²) in [7, 11) is 0. The molecule has 2 rings (SSSR count). The van der Waals surface area contributed by atoms with Crippen LogP contribution in [0.3, 0.4) is 0 Å². The smallest absolute Gasteiger partial charge is 0 e. The Kier molecular flexibility index (Phi) is 17.6. The SMILES string of the molecule is O[C@@H]1C=C[C@H](O)c2ccccc21.[C-]#[O+].[C-]#[O+].[C-]#[O+].[Cr]. The molecule has 2 atom stereocenters. The molecule has 19 heavy (non-hydrogen) atoms. The molecule has 1 aliphatic rings. The standard InChI is InChI=1S/C10H10O2.3CO.Cr/c11-9-5-6-10(12)8-4-2-1-3-7(8)9;3*1-2;/h1-6,9-12H;;;;/t9-,10+;;;;. The molecule has 5 nitrogen and oxygen atoms in total. The third-order valence-electron chi connectivity index (χ3n) is 2.11. The molecule has 0 aromatic heterocycles. The Bertz CT molecular complexity index is 391. The Labute approximate surface area is 121 Å². The third-order valence-corrected chi connectivity index (χ3v) is 2.11. The summed E-state index contributed by atoms with van der Waals surface area (Å²) in [6, 6.07) is 7.36. The van der Waals surface area contributed by atoms with E-state index in [2.05, 4.69) is 20.0 Å². The number of hydrogen-bond acceptors (Lipinski definition) is 2. The van der Waals surface area contributed by atoms with Crippen molar-refractivity contribution in [2.75, 3.05) is 0 Å². The average Bonchev–Trinajstić information content (AvgIpc) is 2.50. The van der Waals surface area contributed by atoms with Gasteiger partial charge in [-0.2, -0.15) is 0 Å². The van der Waals surface area contributed by atoms with Gasteiger partial charge in [-0.1, -0.05) is 36.4 Å². The van der Waals surface area contributed by atoms with Crippen molar-refractivity contribution in [3.8, 4) is 0 Å². The fourth-order valence-electron chi connectivity index (χ4n) is 1.47. The largest absolute Gasteiger partial charge is 0 e. The Morgan fingerprint density at radius 2 is 1.00 bits per heavy atom. The van der Waals surface area contributed by atoms with Crippen LogP contribution in [-0.2, 0) is 31.3 Å². The van der Waals surface area contributed by atoms with Crippen molar-refractivity contribution in [2.45, 2.75) is 12.2 Å². The summed E-state index contributed by atoms with van der Waals surface area (Å²) in [6.45, 7) is 13.5. The molecule has 0 heterocycles. The first-order valence-electron chi connectivity index (χ1n) is 4.53. The van der Waals surface area contributed by atoms with Gasteiger partial charge < -0.3 is 10.2 Å². The van der Waals surface area contributed by atoms with Gasteiger partial charge in [-0.25, -0.2) is 0 Å². The van der Waals surface area contributed by atoms with Crippen LogP contribution in [0.5, 0.6) is 0 Å². The van der Waals surface area contributed by atoms with E-state index in [0.29, 0.717) is 0 Å². The first-order chi connectivity index (χ1) is 8.79. The van der Waals surface area contributed by atoms with E-state index in [-0.39, 0.29) is 17.4 Å². The number of aliphatic hydroxyl groups excluding tert-OH is 2. The van der Waals surface area contributed by atoms with E-state index in [1.54, 1.807) is 12.2 Å². The molecule has 6 heteroatoms. The van der Waals surface area contributed by atoms with Crippen LogP contribution in [0.4, 0.5) is 0 Å². The molecule has 0 amide bonds. The summed E-state index contributed by atoms with van der Waals surface area (Å²) in [5, 5.41) is 19.0. The van der Waals surface area contributed by atoms with Gasteiger partial charge in [-0.15, -0.1) is 0 Å². The number of benzene rings is 1. The third kappa shape index (κ3) is 6.95. The van der Waals surface area contributed by atoms with Gasteiger partial charge in [0.2, 0.25) is 0 Å². The van der Waals surface area contributed by atoms with Gasteiger partial charge in [0.25, 0.3) is 0 Å². The quantitative estimate of drug-likeness (QED) is 0.427. The molecule has 2 N–H and O–H groups in total. The molecule has 1 aromatic carbocycles. The van der Waals surface area contributed by atoms with Crippen LogP contribution < -0.4 is 0 Å². The zero-order valence-corrected chi connectivity index (χ0v) is 10.9. The minimum atomic E-state index is -0.565. The van der Waals surface area contributed by atoms with Crippen molar-refractivity contribution in [3.63, 3.8) is 0 Å². The predicted molar refractivity (Wildman–Crippen MR) is 57.3 cm³/mol. The van der Waals surface area contributed by atoms with Gasteiger partial charge in [-0.3, -0.25) is 0 Å². The van der Waals surface area contributed by atoms with E-state index in [1.165, 1.54) is 0 Å². The maximum Gasteiger partial charge on any atom is 0 e. The molecule has 0 radical (unpaired) electrons. The van der Waals surface area contributed by atoms with Gasteiger partial charge in [0.15, 0.2) is 0 Å². The molecule has 1 aromatic rings. The van der Waals surface area contributed by atoms with Crippen LogP contribution in [0.25, 0.3) is 0 Å². The molecule has 0 saturated heterocycles. The van der Waals surface area contributed by atoms with Crippen molar-refractivity contribution in [2.24, 2.45) is 0 Å². The zero-order chi connectivity index (χ0) is 14.6. The normalized spacial score (nSPS) is 17.3. The Balaban J connectivity index is -0.000000325. The molecular weight excluding hydrogens is 288 g/mol. The Morgan fingerprint density at radius 3 is 1.26 bits per heavy atom. The van der Waals surface area contributed by atoms with Crippen LogP contribution >= 0.6 is 0 Å². The minimum Gasteiger partial charge on any atom is 0 e. The van der Waals surface area contributed by atoms with Crippen molar-refractivity contribution >= 4 is 0 Å². The Hall–Kier alpha value is -1.37. The van der Waals surface area contributed by atoms with E-state index in [0.717, 1.165) is 11.1 Å². The summed E-state index contributed by atoms with van der Waals surface area (Å²) in [5.74, 6) is 0. The molecule has 0 fully saturated rings. The second-order valence-corrected chi connectivity index (χ2v) is 2.90. The second kappa shape index (κ2) is 14.7. The first kappa shape index (κ1) is 22.8. The molecule has 0 spiro atoms. The summed E-state index contributed by atoms with van der Waals surface area (Å²) >= 11 is 0. The maximum atomic E-state index is 9.48. The molecule has 0 bridgehead atoms. The summed E-state index contributed by atoms with van der Waals surface area (Å²) in [5.41, 5.74) is 1.60. The molecule has 0 aliphatic heterocycles.